The predicted octanol–water partition coefficient (Wildman–Crippen LogP) is 5.42. The quantitative estimate of drug-likeness (QED) is 0.399. The molecule has 0 atom stereocenters. The van der Waals surface area contributed by atoms with Crippen LogP contribution in [-0.4, -0.2) is 39.4 Å². The van der Waals surface area contributed by atoms with Crippen LogP contribution in [0.1, 0.15) is 27.8 Å². The van der Waals surface area contributed by atoms with E-state index in [0.29, 0.717) is 33.3 Å². The van der Waals surface area contributed by atoms with Gasteiger partial charge in [0.1, 0.15) is 11.5 Å². The average Bonchev–Trinajstić information content (AvgIpc) is 2.80. The third kappa shape index (κ3) is 6.19. The van der Waals surface area contributed by atoms with E-state index in [1.165, 1.54) is 30.7 Å². The molecule has 0 fully saturated rings. The van der Waals surface area contributed by atoms with Gasteiger partial charge in [-0.25, -0.2) is 8.42 Å². The predicted molar refractivity (Wildman–Crippen MR) is 143 cm³/mol. The Morgan fingerprint density at radius 3 is 2.03 bits per heavy atom. The first-order valence-electron chi connectivity index (χ1n) is 11.3. The number of ether oxygens (including phenoxy) is 2. The van der Waals surface area contributed by atoms with Crippen LogP contribution < -0.4 is 14.8 Å². The number of rotatable bonds is 9. The number of nitrogens with one attached hydrogen (secondary N) is 1. The highest BCUT2D eigenvalue weighted by Gasteiger charge is 2.30. The summed E-state index contributed by atoms with van der Waals surface area (Å²) in [5.74, 6) is 0.144. The van der Waals surface area contributed by atoms with Crippen molar-refractivity contribution in [3.63, 3.8) is 0 Å². The van der Waals surface area contributed by atoms with Crippen molar-refractivity contribution in [1.29, 1.82) is 0 Å². The Morgan fingerprint density at radius 1 is 0.889 bits per heavy atom. The van der Waals surface area contributed by atoms with E-state index in [1.54, 1.807) is 13.8 Å². The van der Waals surface area contributed by atoms with Crippen LogP contribution in [0, 0.1) is 27.7 Å². The SMILES string of the molecule is COc1cc(NC(=O)CN(Cc2ccc(C)cc2)S(=O)(=O)c2c(C)cc(C)cc2C)c(OC)cc1Cl. The Morgan fingerprint density at radius 2 is 1.47 bits per heavy atom. The van der Waals surface area contributed by atoms with Gasteiger partial charge in [-0.2, -0.15) is 4.31 Å². The molecule has 192 valence electrons. The van der Waals surface area contributed by atoms with E-state index in [4.69, 9.17) is 21.1 Å². The lowest BCUT2D eigenvalue weighted by Crippen LogP contribution is -2.38. The summed E-state index contributed by atoms with van der Waals surface area (Å²) in [6.45, 7) is 7.03. The van der Waals surface area contributed by atoms with Crippen LogP contribution in [0.4, 0.5) is 5.69 Å². The van der Waals surface area contributed by atoms with Crippen molar-refractivity contribution in [2.75, 3.05) is 26.1 Å². The summed E-state index contributed by atoms with van der Waals surface area (Å²) in [4.78, 5) is 13.4. The number of hydrogen-bond donors (Lipinski definition) is 1. The van der Waals surface area contributed by atoms with Crippen molar-refractivity contribution in [3.05, 3.63) is 81.4 Å². The molecule has 0 bridgehead atoms. The number of benzene rings is 3. The Kier molecular flexibility index (Phi) is 8.66. The minimum atomic E-state index is -4.01. The average molecular weight is 531 g/mol. The molecule has 0 saturated heterocycles. The number of hydrogen-bond acceptors (Lipinski definition) is 5. The van der Waals surface area contributed by atoms with Crippen LogP contribution in [0.15, 0.2) is 53.4 Å². The summed E-state index contributed by atoms with van der Waals surface area (Å²) in [5.41, 5.74) is 4.37. The standard InChI is InChI=1S/C27H31ClN2O5S/c1-17-7-9-21(10-8-17)15-30(36(32,33)27-19(3)11-18(2)12-20(27)4)16-26(31)29-23-14-24(34-5)22(28)13-25(23)35-6/h7-14H,15-16H2,1-6H3,(H,29,31). The van der Waals surface area contributed by atoms with Crippen molar-refractivity contribution in [2.24, 2.45) is 0 Å². The van der Waals surface area contributed by atoms with Gasteiger partial charge in [-0.3, -0.25) is 4.79 Å². The fourth-order valence-electron chi connectivity index (χ4n) is 4.13. The van der Waals surface area contributed by atoms with Gasteiger partial charge in [0.25, 0.3) is 0 Å². The van der Waals surface area contributed by atoms with Gasteiger partial charge < -0.3 is 14.8 Å². The largest absolute Gasteiger partial charge is 0.495 e. The summed E-state index contributed by atoms with van der Waals surface area (Å²) >= 11 is 6.17. The van der Waals surface area contributed by atoms with Gasteiger partial charge in [0, 0.05) is 18.7 Å². The number of carbonyl (C=O) groups excluding carboxylic acids is 1. The summed E-state index contributed by atoms with van der Waals surface area (Å²) in [7, 11) is -1.11. The van der Waals surface area contributed by atoms with Gasteiger partial charge in [-0.15, -0.1) is 0 Å². The zero-order chi connectivity index (χ0) is 26.6. The molecule has 0 unspecified atom stereocenters. The molecule has 0 aliphatic carbocycles. The zero-order valence-electron chi connectivity index (χ0n) is 21.3. The number of methoxy groups -OCH3 is 2. The van der Waals surface area contributed by atoms with Crippen LogP contribution >= 0.6 is 11.6 Å². The third-order valence-corrected chi connectivity index (χ3v) is 8.14. The van der Waals surface area contributed by atoms with Crippen LogP contribution in [0.3, 0.4) is 0 Å². The molecule has 9 heteroatoms. The summed E-state index contributed by atoms with van der Waals surface area (Å²) in [6, 6.07) is 14.3. The number of aryl methyl sites for hydroxylation is 4. The highest BCUT2D eigenvalue weighted by Crippen LogP contribution is 2.36. The first kappa shape index (κ1) is 27.5. The minimum Gasteiger partial charge on any atom is -0.495 e. The summed E-state index contributed by atoms with van der Waals surface area (Å²) < 4.78 is 39.6. The highest BCUT2D eigenvalue weighted by molar-refractivity contribution is 7.89. The molecule has 3 rings (SSSR count). The van der Waals surface area contributed by atoms with E-state index < -0.39 is 22.5 Å². The number of amides is 1. The van der Waals surface area contributed by atoms with E-state index in [-0.39, 0.29) is 11.4 Å². The second-order valence-electron chi connectivity index (χ2n) is 8.72. The molecule has 1 amide bonds. The van der Waals surface area contributed by atoms with Crippen molar-refractivity contribution in [1.82, 2.24) is 4.31 Å². The molecule has 0 aliphatic rings. The maximum atomic E-state index is 13.9. The topological polar surface area (TPSA) is 84.9 Å². The van der Waals surface area contributed by atoms with Crippen molar-refractivity contribution in [2.45, 2.75) is 39.1 Å². The van der Waals surface area contributed by atoms with Crippen molar-refractivity contribution < 1.29 is 22.7 Å². The van der Waals surface area contributed by atoms with Crippen molar-refractivity contribution >= 4 is 33.2 Å². The van der Waals surface area contributed by atoms with Crippen LogP contribution in [-0.2, 0) is 21.4 Å². The molecule has 0 saturated carbocycles. The molecule has 0 heterocycles. The van der Waals surface area contributed by atoms with E-state index in [1.807, 2.05) is 50.2 Å². The molecule has 0 aromatic heterocycles. The lowest BCUT2D eigenvalue weighted by Gasteiger charge is -2.24. The number of sulfonamides is 1. The van der Waals surface area contributed by atoms with Gasteiger partial charge in [-0.1, -0.05) is 59.1 Å². The molecule has 0 aliphatic heterocycles. The van der Waals surface area contributed by atoms with E-state index in [2.05, 4.69) is 5.32 Å². The summed E-state index contributed by atoms with van der Waals surface area (Å²) in [5, 5.41) is 3.06. The van der Waals surface area contributed by atoms with Gasteiger partial charge >= 0.3 is 0 Å². The van der Waals surface area contributed by atoms with Crippen LogP contribution in [0.5, 0.6) is 11.5 Å². The van der Waals surface area contributed by atoms with Crippen LogP contribution in [0.2, 0.25) is 5.02 Å². The van der Waals surface area contributed by atoms with Gasteiger partial charge in [0.05, 0.1) is 36.4 Å². The highest BCUT2D eigenvalue weighted by atomic mass is 35.5. The van der Waals surface area contributed by atoms with E-state index in [0.717, 1.165) is 16.7 Å². The fourth-order valence-corrected chi connectivity index (χ4v) is 6.16. The Labute approximate surface area is 218 Å². The molecular weight excluding hydrogens is 500 g/mol. The fraction of sp³-hybridized carbons (Fsp3) is 0.296. The molecule has 3 aromatic rings. The first-order valence-corrected chi connectivity index (χ1v) is 13.1. The maximum absolute atomic E-state index is 13.9. The second-order valence-corrected chi connectivity index (χ2v) is 11.0. The Bertz CT molecular complexity index is 1350. The van der Waals surface area contributed by atoms with Gasteiger partial charge in [-0.05, 0) is 44.4 Å². The number of halogens is 1. The van der Waals surface area contributed by atoms with Gasteiger partial charge in [0.15, 0.2) is 0 Å². The molecule has 7 nitrogen and oxygen atoms in total. The molecule has 1 N–H and O–H groups in total. The van der Waals surface area contributed by atoms with E-state index >= 15 is 0 Å². The molecule has 0 radical (unpaired) electrons. The smallest absolute Gasteiger partial charge is 0.244 e. The first-order chi connectivity index (χ1) is 17.0. The molecular formula is C27H31ClN2O5S. The Balaban J connectivity index is 1.99. The normalized spacial score (nSPS) is 11.4. The monoisotopic (exact) mass is 530 g/mol. The summed E-state index contributed by atoms with van der Waals surface area (Å²) in [6.07, 6.45) is 0. The lowest BCUT2D eigenvalue weighted by molar-refractivity contribution is -0.116. The van der Waals surface area contributed by atoms with E-state index in [9.17, 15) is 13.2 Å². The molecule has 3 aromatic carbocycles. The van der Waals surface area contributed by atoms with Crippen LogP contribution in [0.25, 0.3) is 0 Å². The zero-order valence-corrected chi connectivity index (χ0v) is 22.9. The second kappa shape index (κ2) is 11.3. The van der Waals surface area contributed by atoms with Gasteiger partial charge in [0.2, 0.25) is 15.9 Å². The lowest BCUT2D eigenvalue weighted by atomic mass is 10.1. The molecule has 0 spiro atoms. The molecule has 36 heavy (non-hydrogen) atoms. The number of nitrogens with zero attached hydrogens (tertiary/aromatic N) is 1. The Hall–Kier alpha value is -3.07. The number of carbonyl (C=O) groups is 1. The third-order valence-electron chi connectivity index (χ3n) is 5.75. The van der Waals surface area contributed by atoms with Crippen molar-refractivity contribution in [3.8, 4) is 11.5 Å². The minimum absolute atomic E-state index is 0.0316. The maximum Gasteiger partial charge on any atom is 0.244 e. The number of anilines is 1.